The van der Waals surface area contributed by atoms with Gasteiger partial charge in [0.2, 0.25) is 0 Å². The fourth-order valence-corrected chi connectivity index (χ4v) is 1.97. The molecule has 18 heavy (non-hydrogen) atoms. The largest absolute Gasteiger partial charge is 0.314 e. The van der Waals surface area contributed by atoms with Gasteiger partial charge in [-0.3, -0.25) is 4.79 Å². The van der Waals surface area contributed by atoms with Gasteiger partial charge in [-0.05, 0) is 25.6 Å². The van der Waals surface area contributed by atoms with Gasteiger partial charge in [0.1, 0.15) is 0 Å². The van der Waals surface area contributed by atoms with E-state index >= 15 is 0 Å². The van der Waals surface area contributed by atoms with E-state index in [1.807, 2.05) is 19.3 Å². The molecule has 0 spiro atoms. The standard InChI is InChI=1S/C15H18N2O/c1-12-6-8-13(9-7-12)14(16-2)11-17-10-4-3-5-15(17)18/h3-10,14,16H,11H2,1-2H3. The molecular formula is C15H18N2O. The van der Waals surface area contributed by atoms with Gasteiger partial charge in [-0.1, -0.05) is 35.9 Å². The van der Waals surface area contributed by atoms with Crippen LogP contribution in [0.2, 0.25) is 0 Å². The molecule has 1 N–H and O–H groups in total. The number of hydrogen-bond donors (Lipinski definition) is 1. The molecule has 0 bridgehead atoms. The lowest BCUT2D eigenvalue weighted by Gasteiger charge is -2.18. The van der Waals surface area contributed by atoms with Gasteiger partial charge in [-0.15, -0.1) is 0 Å². The molecule has 3 nitrogen and oxygen atoms in total. The second-order valence-electron chi connectivity index (χ2n) is 4.44. The molecule has 0 aliphatic carbocycles. The molecule has 0 aliphatic rings. The second-order valence-corrected chi connectivity index (χ2v) is 4.44. The first-order valence-electron chi connectivity index (χ1n) is 6.10. The number of hydrogen-bond acceptors (Lipinski definition) is 2. The number of rotatable bonds is 4. The summed E-state index contributed by atoms with van der Waals surface area (Å²) in [5.41, 5.74) is 2.47. The van der Waals surface area contributed by atoms with Crippen molar-refractivity contribution in [3.05, 3.63) is 70.1 Å². The molecule has 0 saturated carbocycles. The maximum Gasteiger partial charge on any atom is 0.250 e. The minimum absolute atomic E-state index is 0.0323. The zero-order valence-electron chi connectivity index (χ0n) is 10.8. The molecule has 0 aliphatic heterocycles. The van der Waals surface area contributed by atoms with E-state index in [1.54, 1.807) is 16.7 Å². The van der Waals surface area contributed by atoms with Gasteiger partial charge in [0.05, 0.1) is 6.04 Å². The highest BCUT2D eigenvalue weighted by Crippen LogP contribution is 2.14. The van der Waals surface area contributed by atoms with E-state index in [9.17, 15) is 4.79 Å². The molecular weight excluding hydrogens is 224 g/mol. The van der Waals surface area contributed by atoms with Gasteiger partial charge in [-0.25, -0.2) is 0 Å². The monoisotopic (exact) mass is 242 g/mol. The number of likely N-dealkylation sites (N-methyl/N-ethyl adjacent to an activating group) is 1. The third-order valence-electron chi connectivity index (χ3n) is 3.11. The average molecular weight is 242 g/mol. The lowest BCUT2D eigenvalue weighted by atomic mass is 10.1. The Bertz CT molecular complexity index is 557. The molecule has 0 amide bonds. The van der Waals surface area contributed by atoms with Crippen LogP contribution in [0, 0.1) is 6.92 Å². The van der Waals surface area contributed by atoms with Crippen LogP contribution in [0.1, 0.15) is 17.2 Å². The smallest absolute Gasteiger partial charge is 0.250 e. The molecule has 1 aromatic carbocycles. The van der Waals surface area contributed by atoms with Crippen LogP contribution in [0.15, 0.2) is 53.5 Å². The van der Waals surface area contributed by atoms with Crippen molar-refractivity contribution in [2.75, 3.05) is 7.05 Å². The van der Waals surface area contributed by atoms with E-state index in [1.165, 1.54) is 11.1 Å². The first-order chi connectivity index (χ1) is 8.70. The van der Waals surface area contributed by atoms with Gasteiger partial charge >= 0.3 is 0 Å². The van der Waals surface area contributed by atoms with Crippen molar-refractivity contribution in [1.82, 2.24) is 9.88 Å². The number of nitrogens with one attached hydrogen (secondary N) is 1. The highest BCUT2D eigenvalue weighted by Gasteiger charge is 2.09. The summed E-state index contributed by atoms with van der Waals surface area (Å²) >= 11 is 0. The predicted octanol–water partition coefficient (Wildman–Crippen LogP) is 2.12. The summed E-state index contributed by atoms with van der Waals surface area (Å²) in [5, 5.41) is 3.25. The fraction of sp³-hybridized carbons (Fsp3) is 0.267. The zero-order chi connectivity index (χ0) is 13.0. The lowest BCUT2D eigenvalue weighted by Crippen LogP contribution is -2.27. The lowest BCUT2D eigenvalue weighted by molar-refractivity contribution is 0.491. The van der Waals surface area contributed by atoms with Gasteiger partial charge in [0.25, 0.3) is 5.56 Å². The van der Waals surface area contributed by atoms with Gasteiger partial charge in [0, 0.05) is 18.8 Å². The summed E-state index contributed by atoms with van der Waals surface area (Å²) in [6.45, 7) is 2.71. The van der Waals surface area contributed by atoms with E-state index in [0.29, 0.717) is 6.54 Å². The van der Waals surface area contributed by atoms with Crippen molar-refractivity contribution in [2.24, 2.45) is 0 Å². The van der Waals surface area contributed by atoms with E-state index in [-0.39, 0.29) is 11.6 Å². The maximum absolute atomic E-state index is 11.7. The summed E-state index contributed by atoms with van der Waals surface area (Å²) in [7, 11) is 1.92. The molecule has 0 fully saturated rings. The molecule has 0 saturated heterocycles. The number of pyridine rings is 1. The molecule has 1 aromatic heterocycles. The fourth-order valence-electron chi connectivity index (χ4n) is 1.97. The van der Waals surface area contributed by atoms with Crippen LogP contribution >= 0.6 is 0 Å². The first-order valence-corrected chi connectivity index (χ1v) is 6.10. The minimum Gasteiger partial charge on any atom is -0.314 e. The van der Waals surface area contributed by atoms with Crippen LogP contribution in [0.4, 0.5) is 0 Å². The summed E-state index contributed by atoms with van der Waals surface area (Å²) < 4.78 is 1.72. The summed E-state index contributed by atoms with van der Waals surface area (Å²) in [5.74, 6) is 0. The number of aryl methyl sites for hydroxylation is 1. The van der Waals surface area contributed by atoms with Crippen molar-refractivity contribution in [3.8, 4) is 0 Å². The van der Waals surface area contributed by atoms with Crippen LogP contribution in [0.5, 0.6) is 0 Å². The SMILES string of the molecule is CNC(Cn1ccccc1=O)c1ccc(C)cc1. The Labute approximate surface area is 107 Å². The van der Waals surface area contributed by atoms with Crippen molar-refractivity contribution < 1.29 is 0 Å². The van der Waals surface area contributed by atoms with Crippen LogP contribution < -0.4 is 10.9 Å². The Morgan fingerprint density at radius 1 is 1.17 bits per heavy atom. The maximum atomic E-state index is 11.7. The second kappa shape index (κ2) is 5.65. The summed E-state index contributed by atoms with van der Waals surface area (Å²) in [4.78, 5) is 11.7. The molecule has 1 atom stereocenters. The summed E-state index contributed by atoms with van der Waals surface area (Å²) in [6, 6.07) is 13.8. The van der Waals surface area contributed by atoms with E-state index in [4.69, 9.17) is 0 Å². The van der Waals surface area contributed by atoms with Crippen molar-refractivity contribution in [2.45, 2.75) is 19.5 Å². The normalized spacial score (nSPS) is 12.3. The Morgan fingerprint density at radius 3 is 2.50 bits per heavy atom. The third kappa shape index (κ3) is 2.87. The van der Waals surface area contributed by atoms with Crippen molar-refractivity contribution in [3.63, 3.8) is 0 Å². The number of nitrogens with zero attached hydrogens (tertiary/aromatic N) is 1. The topological polar surface area (TPSA) is 34.0 Å². The van der Waals surface area contributed by atoms with Crippen LogP contribution in [-0.4, -0.2) is 11.6 Å². The number of benzene rings is 1. The summed E-state index contributed by atoms with van der Waals surface area (Å²) in [6.07, 6.45) is 1.82. The number of aromatic nitrogens is 1. The van der Waals surface area contributed by atoms with Gasteiger partial charge < -0.3 is 9.88 Å². The van der Waals surface area contributed by atoms with Crippen LogP contribution in [0.25, 0.3) is 0 Å². The van der Waals surface area contributed by atoms with Crippen molar-refractivity contribution in [1.29, 1.82) is 0 Å². The quantitative estimate of drug-likeness (QED) is 0.891. The molecule has 1 unspecified atom stereocenters. The minimum atomic E-state index is 0.0323. The zero-order valence-corrected chi connectivity index (χ0v) is 10.8. The van der Waals surface area contributed by atoms with Crippen LogP contribution in [-0.2, 0) is 6.54 Å². The van der Waals surface area contributed by atoms with E-state index in [2.05, 4.69) is 36.5 Å². The Kier molecular flexibility index (Phi) is 3.95. The Hall–Kier alpha value is -1.87. The van der Waals surface area contributed by atoms with Gasteiger partial charge in [-0.2, -0.15) is 0 Å². The first kappa shape index (κ1) is 12.6. The Morgan fingerprint density at radius 2 is 1.89 bits per heavy atom. The molecule has 3 heteroatoms. The van der Waals surface area contributed by atoms with Crippen LogP contribution in [0.3, 0.4) is 0 Å². The Balaban J connectivity index is 2.22. The van der Waals surface area contributed by atoms with Crippen molar-refractivity contribution >= 4 is 0 Å². The molecule has 2 aromatic rings. The average Bonchev–Trinajstić information content (AvgIpc) is 2.39. The van der Waals surface area contributed by atoms with E-state index < -0.39 is 0 Å². The molecule has 94 valence electrons. The predicted molar refractivity (Wildman–Crippen MR) is 73.7 cm³/mol. The third-order valence-corrected chi connectivity index (χ3v) is 3.11. The van der Waals surface area contributed by atoms with E-state index in [0.717, 1.165) is 0 Å². The van der Waals surface area contributed by atoms with Gasteiger partial charge in [0.15, 0.2) is 0 Å². The highest BCUT2D eigenvalue weighted by atomic mass is 16.1. The molecule has 1 heterocycles. The molecule has 2 rings (SSSR count). The molecule has 0 radical (unpaired) electrons. The highest BCUT2D eigenvalue weighted by molar-refractivity contribution is 5.24.